The van der Waals surface area contributed by atoms with Crippen LogP contribution in [0.15, 0.2) is 48.9 Å². The number of piperidine rings is 1. The number of nitrogens with one attached hydrogen (secondary N) is 1. The molecule has 0 saturated carbocycles. The minimum Gasteiger partial charge on any atom is -0.368 e. The van der Waals surface area contributed by atoms with E-state index in [1.807, 2.05) is 6.92 Å². The molecule has 0 aliphatic carbocycles. The monoisotopic (exact) mass is 491 g/mol. The van der Waals surface area contributed by atoms with Gasteiger partial charge >= 0.3 is 6.18 Å². The molecule has 0 spiro atoms. The Kier molecular flexibility index (Phi) is 6.95. The van der Waals surface area contributed by atoms with Crippen LogP contribution in [0, 0.1) is 17.6 Å². The molecule has 2 atom stereocenters. The number of alkyl halides is 3. The Labute approximate surface area is 198 Å². The molecule has 35 heavy (non-hydrogen) atoms. The Morgan fingerprint density at radius 3 is 2.51 bits per heavy atom. The first-order valence-electron chi connectivity index (χ1n) is 11.0. The van der Waals surface area contributed by atoms with E-state index >= 15 is 0 Å². The van der Waals surface area contributed by atoms with Crippen LogP contribution in [0.25, 0.3) is 11.4 Å². The van der Waals surface area contributed by atoms with E-state index in [1.54, 1.807) is 6.07 Å². The van der Waals surface area contributed by atoms with Gasteiger partial charge in [-0.25, -0.2) is 23.7 Å². The number of aromatic nitrogens is 3. The molecule has 11 heteroatoms. The van der Waals surface area contributed by atoms with Crippen molar-refractivity contribution in [2.24, 2.45) is 5.92 Å². The van der Waals surface area contributed by atoms with E-state index in [0.29, 0.717) is 13.0 Å². The molecule has 1 aliphatic heterocycles. The normalized spacial score (nSPS) is 18.4. The Bertz CT molecular complexity index is 1190. The molecule has 1 fully saturated rings. The van der Waals surface area contributed by atoms with Crippen molar-refractivity contribution in [2.75, 3.05) is 18.4 Å². The van der Waals surface area contributed by atoms with Gasteiger partial charge in [0, 0.05) is 37.2 Å². The summed E-state index contributed by atoms with van der Waals surface area (Å²) >= 11 is 0. The van der Waals surface area contributed by atoms with E-state index in [9.17, 15) is 26.7 Å². The SMILES string of the molecule is CC1CCCN(C(=O)c2c(-c3ncccn3)ccc(F)c2F)C1CNc1ccc(C(F)(F)F)cn1. The van der Waals surface area contributed by atoms with Crippen LogP contribution in [0.5, 0.6) is 0 Å². The molecule has 1 N–H and O–H groups in total. The number of carbonyl (C=O) groups is 1. The van der Waals surface area contributed by atoms with Gasteiger partial charge in [0.05, 0.1) is 17.2 Å². The zero-order valence-electron chi connectivity index (χ0n) is 18.7. The molecule has 184 valence electrons. The molecule has 2 unspecified atom stereocenters. The predicted molar refractivity (Wildman–Crippen MR) is 118 cm³/mol. The van der Waals surface area contributed by atoms with Crippen LogP contribution in [0.3, 0.4) is 0 Å². The molecular formula is C24H22F5N5O. The standard InChI is InChI=1S/C24H22F5N5O/c1-14-4-2-11-34(18(14)13-33-19-8-5-15(12-32-19)24(27,28)29)23(35)20-16(6-7-17(25)21(20)26)22-30-9-3-10-31-22/h3,5-10,12,14,18H,2,4,11,13H2,1H3,(H,32,33). The number of halogens is 5. The number of hydrogen-bond acceptors (Lipinski definition) is 5. The molecule has 6 nitrogen and oxygen atoms in total. The Morgan fingerprint density at radius 2 is 1.86 bits per heavy atom. The fraction of sp³-hybridized carbons (Fsp3) is 0.333. The predicted octanol–water partition coefficient (Wildman–Crippen LogP) is 5.19. The first-order valence-corrected chi connectivity index (χ1v) is 11.0. The highest BCUT2D eigenvalue weighted by atomic mass is 19.4. The summed E-state index contributed by atoms with van der Waals surface area (Å²) in [7, 11) is 0. The second-order valence-corrected chi connectivity index (χ2v) is 8.35. The highest BCUT2D eigenvalue weighted by molar-refractivity contribution is 6.00. The van der Waals surface area contributed by atoms with Crippen molar-refractivity contribution < 1.29 is 26.7 Å². The number of likely N-dealkylation sites (tertiary alicyclic amines) is 1. The minimum absolute atomic E-state index is 0.0114. The van der Waals surface area contributed by atoms with E-state index in [4.69, 9.17) is 0 Å². The third-order valence-corrected chi connectivity index (χ3v) is 6.08. The van der Waals surface area contributed by atoms with Gasteiger partial charge in [0.2, 0.25) is 0 Å². The Morgan fingerprint density at radius 1 is 1.11 bits per heavy atom. The average Bonchev–Trinajstić information content (AvgIpc) is 2.84. The molecule has 1 saturated heterocycles. The summed E-state index contributed by atoms with van der Waals surface area (Å²) in [6.07, 6.45) is 0.549. The third kappa shape index (κ3) is 5.23. The molecule has 1 aliphatic rings. The number of benzene rings is 1. The summed E-state index contributed by atoms with van der Waals surface area (Å²) in [5, 5.41) is 2.97. The lowest BCUT2D eigenvalue weighted by atomic mass is 9.89. The van der Waals surface area contributed by atoms with Crippen LogP contribution in [0.2, 0.25) is 0 Å². The van der Waals surface area contributed by atoms with Crippen molar-refractivity contribution >= 4 is 11.7 Å². The molecule has 3 heterocycles. The Hall–Kier alpha value is -3.63. The number of nitrogens with zero attached hydrogens (tertiary/aromatic N) is 4. The first-order chi connectivity index (χ1) is 16.7. The molecule has 4 rings (SSSR count). The zero-order chi connectivity index (χ0) is 25.2. The van der Waals surface area contributed by atoms with Crippen molar-refractivity contribution in [3.05, 3.63) is 71.7 Å². The van der Waals surface area contributed by atoms with Crippen molar-refractivity contribution in [3.8, 4) is 11.4 Å². The van der Waals surface area contributed by atoms with Gasteiger partial charge in [-0.3, -0.25) is 4.79 Å². The fourth-order valence-corrected chi connectivity index (χ4v) is 4.22. The molecule has 0 radical (unpaired) electrons. The summed E-state index contributed by atoms with van der Waals surface area (Å²) < 4.78 is 67.5. The molecular weight excluding hydrogens is 469 g/mol. The fourth-order valence-electron chi connectivity index (χ4n) is 4.22. The summed E-state index contributed by atoms with van der Waals surface area (Å²) in [6, 6.07) is 5.44. The van der Waals surface area contributed by atoms with Gasteiger partial charge in [-0.1, -0.05) is 6.92 Å². The smallest absolute Gasteiger partial charge is 0.368 e. The first kappa shape index (κ1) is 24.5. The van der Waals surface area contributed by atoms with Crippen molar-refractivity contribution in [2.45, 2.75) is 32.0 Å². The summed E-state index contributed by atoms with van der Waals surface area (Å²) in [5.41, 5.74) is -1.25. The maximum atomic E-state index is 15.0. The van der Waals surface area contributed by atoms with Crippen molar-refractivity contribution in [1.82, 2.24) is 19.9 Å². The number of carbonyl (C=O) groups excluding carboxylic acids is 1. The topological polar surface area (TPSA) is 71.0 Å². The quantitative estimate of drug-likeness (QED) is 0.498. The lowest BCUT2D eigenvalue weighted by Gasteiger charge is -2.40. The van der Waals surface area contributed by atoms with Crippen molar-refractivity contribution in [3.63, 3.8) is 0 Å². The van der Waals surface area contributed by atoms with E-state index < -0.39 is 40.9 Å². The van der Waals surface area contributed by atoms with E-state index in [2.05, 4.69) is 20.3 Å². The maximum Gasteiger partial charge on any atom is 0.417 e. The number of pyridine rings is 1. The molecule has 1 amide bonds. The van der Waals surface area contributed by atoms with Gasteiger partial charge in [0.25, 0.3) is 5.91 Å². The van der Waals surface area contributed by atoms with Gasteiger partial charge in [-0.05, 0) is 49.1 Å². The second kappa shape index (κ2) is 9.93. The van der Waals surface area contributed by atoms with Crippen LogP contribution >= 0.6 is 0 Å². The summed E-state index contributed by atoms with van der Waals surface area (Å²) in [5.74, 6) is -2.87. The van der Waals surface area contributed by atoms with E-state index in [1.165, 1.54) is 29.4 Å². The summed E-state index contributed by atoms with van der Waals surface area (Å²) in [6.45, 7) is 2.40. The van der Waals surface area contributed by atoms with Gasteiger partial charge in [-0.15, -0.1) is 0 Å². The number of rotatable bonds is 5. The number of anilines is 1. The lowest BCUT2D eigenvalue weighted by molar-refractivity contribution is -0.137. The maximum absolute atomic E-state index is 15.0. The van der Waals surface area contributed by atoms with E-state index in [-0.39, 0.29) is 29.7 Å². The largest absolute Gasteiger partial charge is 0.417 e. The third-order valence-electron chi connectivity index (χ3n) is 6.08. The number of amides is 1. The lowest BCUT2D eigenvalue weighted by Crippen LogP contribution is -2.51. The highest BCUT2D eigenvalue weighted by Gasteiger charge is 2.36. The molecule has 3 aromatic rings. The van der Waals surface area contributed by atoms with Crippen LogP contribution in [0.1, 0.15) is 35.7 Å². The van der Waals surface area contributed by atoms with Gasteiger partial charge in [0.1, 0.15) is 5.82 Å². The molecule has 2 aromatic heterocycles. The average molecular weight is 491 g/mol. The Balaban J connectivity index is 1.61. The zero-order valence-corrected chi connectivity index (χ0v) is 18.7. The van der Waals surface area contributed by atoms with Gasteiger partial charge in [-0.2, -0.15) is 13.2 Å². The van der Waals surface area contributed by atoms with E-state index in [0.717, 1.165) is 24.8 Å². The van der Waals surface area contributed by atoms with Crippen LogP contribution in [-0.2, 0) is 6.18 Å². The minimum atomic E-state index is -4.50. The van der Waals surface area contributed by atoms with Crippen LogP contribution in [0.4, 0.5) is 27.8 Å². The van der Waals surface area contributed by atoms with Crippen molar-refractivity contribution in [1.29, 1.82) is 0 Å². The van der Waals surface area contributed by atoms with Gasteiger partial charge < -0.3 is 10.2 Å². The number of hydrogen-bond donors (Lipinski definition) is 1. The van der Waals surface area contributed by atoms with Gasteiger partial charge in [0.15, 0.2) is 17.5 Å². The van der Waals surface area contributed by atoms with Crippen LogP contribution in [-0.4, -0.2) is 44.9 Å². The summed E-state index contributed by atoms with van der Waals surface area (Å²) in [4.78, 5) is 27.0. The highest BCUT2D eigenvalue weighted by Crippen LogP contribution is 2.31. The molecule has 0 bridgehead atoms. The second-order valence-electron chi connectivity index (χ2n) is 8.35. The molecule has 1 aromatic carbocycles. The van der Waals surface area contributed by atoms with Crippen LogP contribution < -0.4 is 5.32 Å².